The van der Waals surface area contributed by atoms with E-state index in [2.05, 4.69) is 4.74 Å². The summed E-state index contributed by atoms with van der Waals surface area (Å²) in [4.78, 5) is 32.4. The van der Waals surface area contributed by atoms with E-state index in [9.17, 15) is 32.9 Å². The Balaban J connectivity index is 2.61. The molecule has 0 aromatic heterocycles. The standard InChI is InChI=1S/C11H8ClF3N2O5/c12-7-2-1-6(3-8(7)17(20)21)10(19)22-4-9(18)16-5-11(13,14)15/h1-3H,4-5H2,(H,16,18). The minimum Gasteiger partial charge on any atom is -0.452 e. The Morgan fingerprint density at radius 2 is 2.00 bits per heavy atom. The zero-order chi connectivity index (χ0) is 16.9. The molecule has 0 aliphatic heterocycles. The fraction of sp³-hybridized carbons (Fsp3) is 0.273. The van der Waals surface area contributed by atoms with Crippen LogP contribution in [-0.2, 0) is 9.53 Å². The molecule has 11 heteroatoms. The van der Waals surface area contributed by atoms with Crippen LogP contribution < -0.4 is 5.32 Å². The fourth-order valence-corrected chi connectivity index (χ4v) is 1.43. The number of benzene rings is 1. The van der Waals surface area contributed by atoms with Gasteiger partial charge in [0.15, 0.2) is 6.61 Å². The van der Waals surface area contributed by atoms with Gasteiger partial charge in [-0.05, 0) is 12.1 Å². The van der Waals surface area contributed by atoms with E-state index in [-0.39, 0.29) is 10.6 Å². The lowest BCUT2D eigenvalue weighted by molar-refractivity contribution is -0.384. The Labute approximate surface area is 126 Å². The first-order valence-electron chi connectivity index (χ1n) is 5.54. The van der Waals surface area contributed by atoms with Gasteiger partial charge < -0.3 is 10.1 Å². The van der Waals surface area contributed by atoms with Crippen molar-refractivity contribution in [3.63, 3.8) is 0 Å². The average molecular weight is 341 g/mol. The molecule has 0 bridgehead atoms. The predicted molar refractivity (Wildman–Crippen MR) is 67.5 cm³/mol. The summed E-state index contributed by atoms with van der Waals surface area (Å²) in [6.45, 7) is -2.51. The maximum Gasteiger partial charge on any atom is 0.405 e. The minimum absolute atomic E-state index is 0.204. The van der Waals surface area contributed by atoms with Crippen LogP contribution in [-0.4, -0.2) is 36.1 Å². The summed E-state index contributed by atoms with van der Waals surface area (Å²) in [7, 11) is 0. The van der Waals surface area contributed by atoms with Crippen LogP contribution in [0.4, 0.5) is 18.9 Å². The molecule has 0 fully saturated rings. The van der Waals surface area contributed by atoms with Crippen molar-refractivity contribution in [2.24, 2.45) is 0 Å². The van der Waals surface area contributed by atoms with Crippen molar-refractivity contribution >= 4 is 29.2 Å². The van der Waals surface area contributed by atoms with Gasteiger partial charge in [-0.25, -0.2) is 4.79 Å². The van der Waals surface area contributed by atoms with E-state index in [4.69, 9.17) is 11.6 Å². The second-order valence-corrected chi connectivity index (χ2v) is 4.30. The van der Waals surface area contributed by atoms with Crippen molar-refractivity contribution in [1.29, 1.82) is 0 Å². The van der Waals surface area contributed by atoms with Crippen LogP contribution in [0.25, 0.3) is 0 Å². The largest absolute Gasteiger partial charge is 0.452 e. The van der Waals surface area contributed by atoms with Crippen molar-refractivity contribution in [3.05, 3.63) is 38.9 Å². The van der Waals surface area contributed by atoms with Crippen molar-refractivity contribution in [3.8, 4) is 0 Å². The van der Waals surface area contributed by atoms with Gasteiger partial charge in [0.25, 0.3) is 11.6 Å². The zero-order valence-electron chi connectivity index (χ0n) is 10.6. The first-order chi connectivity index (χ1) is 10.1. The van der Waals surface area contributed by atoms with Crippen LogP contribution in [0.5, 0.6) is 0 Å². The molecule has 1 amide bonds. The van der Waals surface area contributed by atoms with Gasteiger partial charge in [0.05, 0.1) is 10.5 Å². The number of hydrogen-bond acceptors (Lipinski definition) is 5. The van der Waals surface area contributed by atoms with E-state index < -0.39 is 41.8 Å². The van der Waals surface area contributed by atoms with Crippen molar-refractivity contribution in [2.75, 3.05) is 13.2 Å². The summed E-state index contributed by atoms with van der Waals surface area (Å²) in [5.74, 6) is -2.27. The van der Waals surface area contributed by atoms with E-state index in [1.54, 1.807) is 0 Å². The molecule has 1 aromatic carbocycles. The predicted octanol–water partition coefficient (Wildman–Crippen LogP) is 2.08. The summed E-state index contributed by atoms with van der Waals surface area (Å²) in [5.41, 5.74) is -0.808. The number of halogens is 4. The molecule has 0 heterocycles. The number of rotatable bonds is 5. The topological polar surface area (TPSA) is 98.5 Å². The van der Waals surface area contributed by atoms with E-state index >= 15 is 0 Å². The zero-order valence-corrected chi connectivity index (χ0v) is 11.4. The van der Waals surface area contributed by atoms with Crippen LogP contribution >= 0.6 is 11.6 Å². The Morgan fingerprint density at radius 3 is 2.55 bits per heavy atom. The van der Waals surface area contributed by atoms with Gasteiger partial charge in [0.2, 0.25) is 0 Å². The Bertz CT molecular complexity index is 606. The molecule has 7 nitrogen and oxygen atoms in total. The number of carbonyl (C=O) groups excluding carboxylic acids is 2. The SMILES string of the molecule is O=C(COC(=O)c1ccc(Cl)c([N+](=O)[O-])c1)NCC(F)(F)F. The van der Waals surface area contributed by atoms with E-state index in [1.165, 1.54) is 5.32 Å². The monoisotopic (exact) mass is 340 g/mol. The third-order valence-electron chi connectivity index (χ3n) is 2.20. The molecule has 0 saturated carbocycles. The van der Waals surface area contributed by atoms with Crippen molar-refractivity contribution < 1.29 is 32.4 Å². The number of amides is 1. The van der Waals surface area contributed by atoms with Crippen LogP contribution in [0.3, 0.4) is 0 Å². The van der Waals surface area contributed by atoms with Gasteiger partial charge >= 0.3 is 12.1 Å². The summed E-state index contributed by atoms with van der Waals surface area (Å²) in [5, 5.41) is 11.9. The molecule has 0 aliphatic carbocycles. The second kappa shape index (κ2) is 7.07. The Kier molecular flexibility index (Phi) is 5.69. The molecule has 0 radical (unpaired) electrons. The normalized spacial score (nSPS) is 10.9. The number of carbonyl (C=O) groups is 2. The number of alkyl halides is 3. The van der Waals surface area contributed by atoms with Crippen LogP contribution in [0, 0.1) is 10.1 Å². The minimum atomic E-state index is -4.59. The molecule has 1 rings (SSSR count). The average Bonchev–Trinajstić information content (AvgIpc) is 2.41. The lowest BCUT2D eigenvalue weighted by Crippen LogP contribution is -2.36. The van der Waals surface area contributed by atoms with E-state index in [0.29, 0.717) is 0 Å². The highest BCUT2D eigenvalue weighted by molar-refractivity contribution is 6.32. The summed E-state index contributed by atoms with van der Waals surface area (Å²) >= 11 is 5.54. The number of nitro benzene ring substituents is 1. The molecule has 1 N–H and O–H groups in total. The van der Waals surface area contributed by atoms with Gasteiger partial charge in [0, 0.05) is 6.07 Å². The maximum atomic E-state index is 11.8. The van der Waals surface area contributed by atoms with Gasteiger partial charge in [0.1, 0.15) is 11.6 Å². The fourth-order valence-electron chi connectivity index (χ4n) is 1.24. The summed E-state index contributed by atoms with van der Waals surface area (Å²) in [6, 6.07) is 3.03. The van der Waals surface area contributed by atoms with Gasteiger partial charge in [-0.2, -0.15) is 13.2 Å². The molecular formula is C11H8ClF3N2O5. The van der Waals surface area contributed by atoms with Crippen LogP contribution in [0.2, 0.25) is 5.02 Å². The summed E-state index contributed by atoms with van der Waals surface area (Å²) in [6.07, 6.45) is -4.59. The first kappa shape index (κ1) is 17.7. The molecule has 0 unspecified atom stereocenters. The highest BCUT2D eigenvalue weighted by atomic mass is 35.5. The molecule has 1 aromatic rings. The third-order valence-corrected chi connectivity index (χ3v) is 2.52. The van der Waals surface area contributed by atoms with E-state index in [1.807, 2.05) is 0 Å². The Hall–Kier alpha value is -2.36. The quantitative estimate of drug-likeness (QED) is 0.502. The van der Waals surface area contributed by atoms with Gasteiger partial charge in [-0.3, -0.25) is 14.9 Å². The molecule has 0 atom stereocenters. The number of ether oxygens (including phenoxy) is 1. The smallest absolute Gasteiger partial charge is 0.405 e. The van der Waals surface area contributed by atoms with Crippen molar-refractivity contribution in [1.82, 2.24) is 5.32 Å². The molecule has 0 aliphatic rings. The highest BCUT2D eigenvalue weighted by Gasteiger charge is 2.28. The lowest BCUT2D eigenvalue weighted by atomic mass is 10.2. The number of hydrogen-bond donors (Lipinski definition) is 1. The molecule has 22 heavy (non-hydrogen) atoms. The molecule has 120 valence electrons. The van der Waals surface area contributed by atoms with Gasteiger partial charge in [-0.1, -0.05) is 11.6 Å². The van der Waals surface area contributed by atoms with E-state index in [0.717, 1.165) is 18.2 Å². The van der Waals surface area contributed by atoms with Crippen LogP contribution in [0.1, 0.15) is 10.4 Å². The maximum absolute atomic E-state index is 11.8. The number of nitrogens with zero attached hydrogens (tertiary/aromatic N) is 1. The second-order valence-electron chi connectivity index (χ2n) is 3.89. The third kappa shape index (κ3) is 5.56. The number of nitrogens with one attached hydrogen (secondary N) is 1. The van der Waals surface area contributed by atoms with Crippen molar-refractivity contribution in [2.45, 2.75) is 6.18 Å². The van der Waals surface area contributed by atoms with Gasteiger partial charge in [-0.15, -0.1) is 0 Å². The first-order valence-corrected chi connectivity index (χ1v) is 5.92. The lowest BCUT2D eigenvalue weighted by Gasteiger charge is -2.08. The molecule has 0 saturated heterocycles. The summed E-state index contributed by atoms with van der Waals surface area (Å²) < 4.78 is 40.0. The van der Waals surface area contributed by atoms with Crippen LogP contribution in [0.15, 0.2) is 18.2 Å². The molecule has 0 spiro atoms. The number of nitro groups is 1. The Morgan fingerprint density at radius 1 is 1.36 bits per heavy atom. The number of esters is 1. The highest BCUT2D eigenvalue weighted by Crippen LogP contribution is 2.25. The molecular weight excluding hydrogens is 333 g/mol.